The number of nitrogen functional groups attached to an aromatic ring is 1. The van der Waals surface area contributed by atoms with Crippen molar-refractivity contribution in [1.82, 2.24) is 0 Å². The fourth-order valence-corrected chi connectivity index (χ4v) is 2.53. The Kier molecular flexibility index (Phi) is 6.51. The number of ether oxygens (including phenoxy) is 1. The van der Waals surface area contributed by atoms with E-state index < -0.39 is 5.97 Å². The third-order valence-electron chi connectivity index (χ3n) is 3.96. The van der Waals surface area contributed by atoms with Crippen LogP contribution in [0.3, 0.4) is 0 Å². The Bertz CT molecular complexity index is 730. The normalized spacial score (nSPS) is 10.6. The van der Waals surface area contributed by atoms with E-state index in [1.807, 2.05) is 0 Å². The summed E-state index contributed by atoms with van der Waals surface area (Å²) < 4.78 is 5.57. The number of hydrogen-bond acceptors (Lipinski definition) is 5. The lowest BCUT2D eigenvalue weighted by molar-refractivity contribution is 0.0696. The molecule has 2 aromatic rings. The van der Waals surface area contributed by atoms with Gasteiger partial charge in [0.15, 0.2) is 11.5 Å². The van der Waals surface area contributed by atoms with Crippen LogP contribution in [0.2, 0.25) is 0 Å². The van der Waals surface area contributed by atoms with Crippen LogP contribution in [0.15, 0.2) is 36.4 Å². The van der Waals surface area contributed by atoms with E-state index in [0.29, 0.717) is 24.5 Å². The topological polar surface area (TPSA) is 113 Å². The van der Waals surface area contributed by atoms with E-state index >= 15 is 0 Å². The minimum absolute atomic E-state index is 0.0420. The quantitative estimate of drug-likeness (QED) is 0.314. The van der Waals surface area contributed by atoms with Crippen molar-refractivity contribution >= 4 is 11.7 Å². The summed E-state index contributed by atoms with van der Waals surface area (Å²) in [4.78, 5) is 10.9. The maximum atomic E-state index is 10.9. The Morgan fingerprint density at radius 2 is 1.80 bits per heavy atom. The monoisotopic (exact) mass is 345 g/mol. The first kappa shape index (κ1) is 18.4. The van der Waals surface area contributed by atoms with Crippen molar-refractivity contribution in [2.24, 2.45) is 0 Å². The Hall–Kier alpha value is -2.89. The second kappa shape index (κ2) is 8.82. The predicted octanol–water partition coefficient (Wildman–Crippen LogP) is 3.56. The first-order valence-corrected chi connectivity index (χ1v) is 8.24. The molecule has 6 nitrogen and oxygen atoms in total. The molecule has 0 spiro atoms. The molecule has 5 N–H and O–H groups in total. The number of anilines is 1. The number of unbranched alkanes of at least 4 members (excludes halogenated alkanes) is 3. The number of carboxylic acid groups (broad SMARTS) is 1. The van der Waals surface area contributed by atoms with Crippen molar-refractivity contribution in [3.63, 3.8) is 0 Å². The highest BCUT2D eigenvalue weighted by atomic mass is 16.5. The second-order valence-corrected chi connectivity index (χ2v) is 5.86. The molecule has 6 heteroatoms. The summed E-state index contributed by atoms with van der Waals surface area (Å²) in [6.07, 6.45) is 4.33. The third kappa shape index (κ3) is 5.31. The first-order valence-electron chi connectivity index (χ1n) is 8.24. The molecule has 0 bridgehead atoms. The van der Waals surface area contributed by atoms with Gasteiger partial charge in [-0.15, -0.1) is 0 Å². The largest absolute Gasteiger partial charge is 0.504 e. The summed E-state index contributed by atoms with van der Waals surface area (Å²) in [5.74, 6) is -0.753. The molecule has 0 saturated heterocycles. The van der Waals surface area contributed by atoms with Crippen LogP contribution < -0.4 is 10.5 Å². The molecule has 0 aliphatic rings. The fourth-order valence-electron chi connectivity index (χ4n) is 2.53. The molecule has 0 fully saturated rings. The van der Waals surface area contributed by atoms with E-state index in [4.69, 9.17) is 15.6 Å². The minimum Gasteiger partial charge on any atom is -0.504 e. The van der Waals surface area contributed by atoms with Gasteiger partial charge in [-0.25, -0.2) is 4.79 Å². The summed E-state index contributed by atoms with van der Waals surface area (Å²) >= 11 is 0. The summed E-state index contributed by atoms with van der Waals surface area (Å²) in [7, 11) is 0. The SMILES string of the molecule is Nc1ccc(C(=O)O)cc1OCCCCCCc1cccc(O)c1O. The van der Waals surface area contributed by atoms with Crippen LogP contribution in [0.4, 0.5) is 5.69 Å². The molecule has 0 aliphatic carbocycles. The first-order chi connectivity index (χ1) is 12.0. The van der Waals surface area contributed by atoms with Gasteiger partial charge in [-0.2, -0.15) is 0 Å². The standard InChI is InChI=1S/C19H23NO5/c20-15-10-9-14(19(23)24)12-17(15)25-11-4-2-1-3-6-13-7-5-8-16(21)18(13)22/h5,7-10,12,21-22H,1-4,6,11,20H2,(H,23,24). The molecular weight excluding hydrogens is 322 g/mol. The van der Waals surface area contributed by atoms with E-state index in [1.54, 1.807) is 12.1 Å². The smallest absolute Gasteiger partial charge is 0.335 e. The average molecular weight is 345 g/mol. The van der Waals surface area contributed by atoms with Crippen molar-refractivity contribution in [2.45, 2.75) is 32.1 Å². The average Bonchev–Trinajstić information content (AvgIpc) is 2.58. The van der Waals surface area contributed by atoms with Crippen molar-refractivity contribution in [3.8, 4) is 17.2 Å². The van der Waals surface area contributed by atoms with Crippen molar-refractivity contribution in [2.75, 3.05) is 12.3 Å². The van der Waals surface area contributed by atoms with Crippen LogP contribution in [-0.2, 0) is 6.42 Å². The van der Waals surface area contributed by atoms with Crippen LogP contribution in [-0.4, -0.2) is 27.9 Å². The lowest BCUT2D eigenvalue weighted by Gasteiger charge is -2.10. The Labute approximate surface area is 146 Å². The van der Waals surface area contributed by atoms with Gasteiger partial charge < -0.3 is 25.8 Å². The van der Waals surface area contributed by atoms with E-state index in [9.17, 15) is 15.0 Å². The lowest BCUT2D eigenvalue weighted by atomic mass is 10.0. The number of phenolic OH excluding ortho intramolecular Hbond substituents is 2. The molecule has 0 radical (unpaired) electrons. The van der Waals surface area contributed by atoms with Crippen molar-refractivity contribution < 1.29 is 24.9 Å². The van der Waals surface area contributed by atoms with E-state index in [1.165, 1.54) is 24.3 Å². The number of phenols is 2. The zero-order valence-electron chi connectivity index (χ0n) is 13.9. The molecule has 25 heavy (non-hydrogen) atoms. The van der Waals surface area contributed by atoms with Crippen LogP contribution in [0.1, 0.15) is 41.6 Å². The van der Waals surface area contributed by atoms with Gasteiger partial charge in [-0.1, -0.05) is 25.0 Å². The fraction of sp³-hybridized carbons (Fsp3) is 0.316. The number of carboxylic acids is 1. The van der Waals surface area contributed by atoms with Gasteiger partial charge in [0.2, 0.25) is 0 Å². The minimum atomic E-state index is -1.01. The summed E-state index contributed by atoms with van der Waals surface area (Å²) in [6.45, 7) is 0.463. The Morgan fingerprint density at radius 3 is 2.56 bits per heavy atom. The Balaban J connectivity index is 1.68. The lowest BCUT2D eigenvalue weighted by Crippen LogP contribution is -2.03. The molecule has 0 aliphatic heterocycles. The summed E-state index contributed by atoms with van der Waals surface area (Å²) in [5, 5.41) is 28.1. The maximum absolute atomic E-state index is 10.9. The molecule has 0 heterocycles. The molecular formula is C19H23NO5. The number of benzene rings is 2. The molecule has 134 valence electrons. The van der Waals surface area contributed by atoms with Crippen molar-refractivity contribution in [3.05, 3.63) is 47.5 Å². The number of aromatic hydroxyl groups is 2. The van der Waals surface area contributed by atoms with Gasteiger partial charge in [0.1, 0.15) is 5.75 Å². The molecule has 0 amide bonds. The predicted molar refractivity (Wildman–Crippen MR) is 95.3 cm³/mol. The zero-order valence-corrected chi connectivity index (χ0v) is 13.9. The van der Waals surface area contributed by atoms with Crippen LogP contribution in [0.5, 0.6) is 17.2 Å². The maximum Gasteiger partial charge on any atom is 0.335 e. The van der Waals surface area contributed by atoms with E-state index in [0.717, 1.165) is 31.2 Å². The summed E-state index contributed by atoms with van der Waals surface area (Å²) in [5.41, 5.74) is 7.09. The molecule has 2 rings (SSSR count). The van der Waals surface area contributed by atoms with Gasteiger partial charge in [-0.05, 0) is 49.1 Å². The molecule has 0 aromatic heterocycles. The van der Waals surface area contributed by atoms with Crippen LogP contribution >= 0.6 is 0 Å². The number of aromatic carboxylic acids is 1. The van der Waals surface area contributed by atoms with Gasteiger partial charge >= 0.3 is 5.97 Å². The zero-order chi connectivity index (χ0) is 18.2. The van der Waals surface area contributed by atoms with E-state index in [-0.39, 0.29) is 17.1 Å². The van der Waals surface area contributed by atoms with E-state index in [2.05, 4.69) is 0 Å². The number of rotatable bonds is 9. The highest BCUT2D eigenvalue weighted by Gasteiger charge is 2.08. The highest BCUT2D eigenvalue weighted by molar-refractivity contribution is 5.89. The van der Waals surface area contributed by atoms with Gasteiger partial charge in [0, 0.05) is 0 Å². The summed E-state index contributed by atoms with van der Waals surface area (Å²) in [6, 6.07) is 9.38. The number of aryl methyl sites for hydroxylation is 1. The third-order valence-corrected chi connectivity index (χ3v) is 3.96. The van der Waals surface area contributed by atoms with Crippen molar-refractivity contribution in [1.29, 1.82) is 0 Å². The second-order valence-electron chi connectivity index (χ2n) is 5.86. The molecule has 0 unspecified atom stereocenters. The van der Waals surface area contributed by atoms with Gasteiger partial charge in [-0.3, -0.25) is 0 Å². The number of carbonyl (C=O) groups is 1. The number of para-hydroxylation sites is 1. The number of hydrogen-bond donors (Lipinski definition) is 4. The van der Waals surface area contributed by atoms with Gasteiger partial charge in [0.25, 0.3) is 0 Å². The molecule has 0 saturated carbocycles. The highest BCUT2D eigenvalue weighted by Crippen LogP contribution is 2.29. The molecule has 0 atom stereocenters. The Morgan fingerprint density at radius 1 is 1.04 bits per heavy atom. The van der Waals surface area contributed by atoms with Crippen LogP contribution in [0.25, 0.3) is 0 Å². The number of nitrogens with two attached hydrogens (primary N) is 1. The molecule has 2 aromatic carbocycles. The van der Waals surface area contributed by atoms with Gasteiger partial charge in [0.05, 0.1) is 17.9 Å². The van der Waals surface area contributed by atoms with Crippen LogP contribution in [0, 0.1) is 0 Å².